The van der Waals surface area contributed by atoms with E-state index in [0.29, 0.717) is 11.5 Å². The second-order valence-corrected chi connectivity index (χ2v) is 8.30. The molecule has 7 nitrogen and oxygen atoms in total. The van der Waals surface area contributed by atoms with E-state index in [1.54, 1.807) is 24.9 Å². The van der Waals surface area contributed by atoms with Crippen LogP contribution in [-0.2, 0) is 26.7 Å². The highest BCUT2D eigenvalue weighted by Crippen LogP contribution is 2.30. The van der Waals surface area contributed by atoms with Gasteiger partial charge < -0.3 is 14.2 Å². The Morgan fingerprint density at radius 1 is 1.28 bits per heavy atom. The number of hydrogen-bond donors (Lipinski definition) is 0. The van der Waals surface area contributed by atoms with Crippen LogP contribution in [0, 0.1) is 19.3 Å². The van der Waals surface area contributed by atoms with Crippen LogP contribution in [0.15, 0.2) is 35.3 Å². The van der Waals surface area contributed by atoms with E-state index >= 15 is 0 Å². The van der Waals surface area contributed by atoms with Gasteiger partial charge in [-0.3, -0.25) is 9.67 Å². The molecule has 0 fully saturated rings. The summed E-state index contributed by atoms with van der Waals surface area (Å²) in [5, 5.41) is 4.43. The van der Waals surface area contributed by atoms with Crippen LogP contribution in [0.2, 0.25) is 0 Å². The van der Waals surface area contributed by atoms with E-state index in [-0.39, 0.29) is 12.0 Å². The van der Waals surface area contributed by atoms with Gasteiger partial charge in [0.05, 0.1) is 5.69 Å². The number of nitrogens with zero attached hydrogens (tertiary/aromatic N) is 3. The van der Waals surface area contributed by atoms with Crippen LogP contribution in [0.3, 0.4) is 0 Å². The van der Waals surface area contributed by atoms with Gasteiger partial charge in [0.2, 0.25) is 6.29 Å². The lowest BCUT2D eigenvalue weighted by atomic mass is 9.86. The highest BCUT2D eigenvalue weighted by Gasteiger charge is 2.22. The van der Waals surface area contributed by atoms with Crippen molar-refractivity contribution in [1.29, 1.82) is 0 Å². The second kappa shape index (κ2) is 10.7. The fourth-order valence-corrected chi connectivity index (χ4v) is 3.09. The zero-order valence-corrected chi connectivity index (χ0v) is 19.8. The van der Waals surface area contributed by atoms with Crippen LogP contribution in [0.25, 0.3) is 11.3 Å². The average molecular weight is 438 g/mol. The molecule has 7 heteroatoms. The van der Waals surface area contributed by atoms with E-state index in [2.05, 4.69) is 48.9 Å². The highest BCUT2D eigenvalue weighted by atomic mass is 16.8. The number of aromatic nitrogens is 2. The summed E-state index contributed by atoms with van der Waals surface area (Å²) >= 11 is 0. The van der Waals surface area contributed by atoms with E-state index < -0.39 is 12.4 Å². The molecule has 0 radical (unpaired) electrons. The number of carbonyl (C=O) groups excluding carboxylic acids is 1. The molecule has 170 valence electrons. The summed E-state index contributed by atoms with van der Waals surface area (Å²) in [4.78, 5) is 16.0. The van der Waals surface area contributed by atoms with Crippen LogP contribution in [0.4, 0.5) is 4.79 Å². The minimum absolute atomic E-state index is 0.0286. The number of rotatable bonds is 7. The summed E-state index contributed by atoms with van der Waals surface area (Å²) in [7, 11) is 3.51. The van der Waals surface area contributed by atoms with Crippen molar-refractivity contribution in [3.63, 3.8) is 0 Å². The Kier molecular flexibility index (Phi) is 8.25. The third-order valence-electron chi connectivity index (χ3n) is 4.62. The van der Waals surface area contributed by atoms with Crippen LogP contribution in [0.5, 0.6) is 0 Å². The molecule has 0 N–H and O–H groups in total. The standard InChI is InChI=1S/C25H31N3O4/c1-9-14-30-24(29)32-18(3)31-23(22-15-17(2)27-28(22)8)21(16-26-7)19-10-12-20(13-11-19)25(4,5)6/h1,10-13,15-16,18H,14H2,2-8H3/b23-21-,26-16-. The molecule has 2 rings (SSSR count). The number of aryl methyl sites for hydroxylation is 2. The molecule has 0 amide bonds. The lowest BCUT2D eigenvalue weighted by molar-refractivity contribution is -0.0644. The summed E-state index contributed by atoms with van der Waals surface area (Å²) in [6, 6.07) is 10.1. The van der Waals surface area contributed by atoms with Crippen LogP contribution < -0.4 is 0 Å². The Balaban J connectivity index is 2.54. The van der Waals surface area contributed by atoms with Crippen LogP contribution in [-0.4, -0.2) is 42.1 Å². The summed E-state index contributed by atoms with van der Waals surface area (Å²) < 4.78 is 17.8. The number of ether oxygens (including phenoxy) is 3. The van der Waals surface area contributed by atoms with Crippen molar-refractivity contribution in [2.45, 2.75) is 46.3 Å². The highest BCUT2D eigenvalue weighted by molar-refractivity contribution is 6.18. The minimum atomic E-state index is -0.945. The number of carbonyl (C=O) groups is 1. The predicted octanol–water partition coefficient (Wildman–Crippen LogP) is 4.74. The number of aliphatic imine (C=N–C) groups is 1. The van der Waals surface area contributed by atoms with Gasteiger partial charge in [0, 0.05) is 32.8 Å². The topological polar surface area (TPSA) is 74.9 Å². The minimum Gasteiger partial charge on any atom is -0.452 e. The van der Waals surface area contributed by atoms with Crippen molar-refractivity contribution in [3.05, 3.63) is 52.8 Å². The number of hydrogen-bond acceptors (Lipinski definition) is 6. The number of benzene rings is 1. The molecule has 1 atom stereocenters. The van der Waals surface area contributed by atoms with E-state index in [0.717, 1.165) is 16.8 Å². The maximum Gasteiger partial charge on any atom is 0.512 e. The average Bonchev–Trinajstić information content (AvgIpc) is 3.06. The SMILES string of the molecule is C#CCOC(=O)OC(C)O/C(=C(/C=N\C)c1ccc(C(C)(C)C)cc1)c1cc(C)nn1C. The van der Waals surface area contributed by atoms with Gasteiger partial charge >= 0.3 is 6.16 Å². The molecule has 0 saturated heterocycles. The molecule has 0 aliphatic rings. The Hall–Kier alpha value is -3.53. The summed E-state index contributed by atoms with van der Waals surface area (Å²) in [6.07, 6.45) is 4.98. The fourth-order valence-electron chi connectivity index (χ4n) is 3.09. The maximum atomic E-state index is 11.8. The van der Waals surface area contributed by atoms with E-state index in [1.807, 2.05) is 32.2 Å². The van der Waals surface area contributed by atoms with Crippen molar-refractivity contribution in [1.82, 2.24) is 9.78 Å². The van der Waals surface area contributed by atoms with Gasteiger partial charge in [0.15, 0.2) is 12.4 Å². The van der Waals surface area contributed by atoms with Crippen LogP contribution >= 0.6 is 0 Å². The Morgan fingerprint density at radius 2 is 1.94 bits per heavy atom. The lowest BCUT2D eigenvalue weighted by Gasteiger charge is -2.21. The number of terminal acetylenes is 1. The van der Waals surface area contributed by atoms with Gasteiger partial charge in [-0.1, -0.05) is 51.0 Å². The molecule has 1 unspecified atom stereocenters. The van der Waals surface area contributed by atoms with Gasteiger partial charge in [0.1, 0.15) is 5.69 Å². The molecular weight excluding hydrogens is 406 g/mol. The van der Waals surface area contributed by atoms with Gasteiger partial charge in [-0.05, 0) is 29.5 Å². The fraction of sp³-hybridized carbons (Fsp3) is 0.400. The first-order valence-corrected chi connectivity index (χ1v) is 10.3. The molecule has 0 spiro atoms. The third-order valence-corrected chi connectivity index (χ3v) is 4.62. The van der Waals surface area contributed by atoms with Gasteiger partial charge in [-0.25, -0.2) is 4.79 Å². The maximum absolute atomic E-state index is 11.8. The molecule has 1 heterocycles. The summed E-state index contributed by atoms with van der Waals surface area (Å²) in [6.45, 7) is 9.81. The molecule has 0 saturated carbocycles. The smallest absolute Gasteiger partial charge is 0.452 e. The van der Waals surface area contributed by atoms with E-state index in [4.69, 9.17) is 20.6 Å². The third kappa shape index (κ3) is 6.48. The zero-order valence-electron chi connectivity index (χ0n) is 19.8. The molecule has 0 aliphatic carbocycles. The van der Waals surface area contributed by atoms with Crippen molar-refractivity contribution in [3.8, 4) is 12.3 Å². The van der Waals surface area contributed by atoms with Gasteiger partial charge in [-0.2, -0.15) is 5.10 Å². The molecular formula is C25H31N3O4. The zero-order chi connectivity index (χ0) is 23.9. The monoisotopic (exact) mass is 437 g/mol. The van der Waals surface area contributed by atoms with Crippen molar-refractivity contribution in [2.24, 2.45) is 12.0 Å². The molecule has 32 heavy (non-hydrogen) atoms. The normalized spacial score (nSPS) is 13.3. The van der Waals surface area contributed by atoms with Crippen LogP contribution in [0.1, 0.15) is 50.2 Å². The first kappa shape index (κ1) is 24.7. The number of allylic oxidation sites excluding steroid dienone is 1. The quantitative estimate of drug-likeness (QED) is 0.206. The Morgan fingerprint density at radius 3 is 2.44 bits per heavy atom. The molecule has 2 aromatic rings. The first-order chi connectivity index (χ1) is 15.1. The van der Waals surface area contributed by atoms with E-state index in [9.17, 15) is 4.79 Å². The predicted molar refractivity (Wildman–Crippen MR) is 126 cm³/mol. The molecule has 0 bridgehead atoms. The van der Waals surface area contributed by atoms with Crippen molar-refractivity contribution < 1.29 is 19.0 Å². The van der Waals surface area contributed by atoms with Crippen molar-refractivity contribution in [2.75, 3.05) is 13.7 Å². The first-order valence-electron chi connectivity index (χ1n) is 10.3. The van der Waals surface area contributed by atoms with Gasteiger partial charge in [0.25, 0.3) is 0 Å². The van der Waals surface area contributed by atoms with Gasteiger partial charge in [-0.15, -0.1) is 6.42 Å². The lowest BCUT2D eigenvalue weighted by Crippen LogP contribution is -2.20. The largest absolute Gasteiger partial charge is 0.512 e. The molecule has 0 aliphatic heterocycles. The summed E-state index contributed by atoms with van der Waals surface area (Å²) in [5.74, 6) is 2.69. The Bertz CT molecular complexity index is 1030. The van der Waals surface area contributed by atoms with E-state index in [1.165, 1.54) is 5.56 Å². The Labute approximate surface area is 190 Å². The van der Waals surface area contributed by atoms with Crippen molar-refractivity contribution >= 4 is 23.7 Å². The molecule has 1 aromatic heterocycles. The second-order valence-electron chi connectivity index (χ2n) is 8.30. The molecule has 1 aromatic carbocycles. The summed E-state index contributed by atoms with van der Waals surface area (Å²) in [5.41, 5.74) is 4.40.